The highest BCUT2D eigenvalue weighted by Crippen LogP contribution is 2.27. The standard InChI is InChI=1S/C14H26N2O2/c1-10-6-7-16(9-13(10)17)14(18)8-11-4-2-3-5-12(11)15/h10-13,17H,2-9,15H2,1H3. The Morgan fingerprint density at radius 2 is 2.06 bits per heavy atom. The van der Waals surface area contributed by atoms with Gasteiger partial charge in [-0.05, 0) is 31.1 Å². The zero-order valence-electron chi connectivity index (χ0n) is 11.3. The van der Waals surface area contributed by atoms with Gasteiger partial charge in [-0.3, -0.25) is 4.79 Å². The highest BCUT2D eigenvalue weighted by atomic mass is 16.3. The van der Waals surface area contributed by atoms with Crippen LogP contribution in [0.15, 0.2) is 0 Å². The van der Waals surface area contributed by atoms with Crippen molar-refractivity contribution in [3.05, 3.63) is 0 Å². The van der Waals surface area contributed by atoms with E-state index >= 15 is 0 Å². The maximum Gasteiger partial charge on any atom is 0.222 e. The molecule has 4 unspecified atom stereocenters. The van der Waals surface area contributed by atoms with E-state index in [1.165, 1.54) is 12.8 Å². The van der Waals surface area contributed by atoms with Crippen molar-refractivity contribution in [2.45, 2.75) is 57.6 Å². The van der Waals surface area contributed by atoms with Gasteiger partial charge in [0, 0.05) is 25.6 Å². The van der Waals surface area contributed by atoms with Gasteiger partial charge in [0.05, 0.1) is 6.10 Å². The summed E-state index contributed by atoms with van der Waals surface area (Å²) in [5.74, 6) is 0.844. The second-order valence-electron chi connectivity index (χ2n) is 6.09. The van der Waals surface area contributed by atoms with Gasteiger partial charge in [-0.25, -0.2) is 0 Å². The third-order valence-corrected chi connectivity index (χ3v) is 4.68. The number of rotatable bonds is 2. The molecule has 0 radical (unpaired) electrons. The van der Waals surface area contributed by atoms with E-state index in [9.17, 15) is 9.90 Å². The predicted molar refractivity (Wildman–Crippen MR) is 70.9 cm³/mol. The molecule has 1 aliphatic heterocycles. The monoisotopic (exact) mass is 254 g/mol. The van der Waals surface area contributed by atoms with Crippen LogP contribution in [0.25, 0.3) is 0 Å². The van der Waals surface area contributed by atoms with E-state index in [1.54, 1.807) is 0 Å². The third kappa shape index (κ3) is 3.23. The van der Waals surface area contributed by atoms with Crippen LogP contribution in [0.1, 0.15) is 45.4 Å². The molecule has 0 aromatic heterocycles. The van der Waals surface area contributed by atoms with Crippen molar-refractivity contribution in [1.82, 2.24) is 4.90 Å². The lowest BCUT2D eigenvalue weighted by Gasteiger charge is -2.36. The quantitative estimate of drug-likeness (QED) is 0.776. The van der Waals surface area contributed by atoms with Crippen molar-refractivity contribution in [2.24, 2.45) is 17.6 Å². The molecule has 4 heteroatoms. The Morgan fingerprint density at radius 1 is 1.33 bits per heavy atom. The van der Waals surface area contributed by atoms with Gasteiger partial charge in [0.2, 0.25) is 5.91 Å². The lowest BCUT2D eigenvalue weighted by atomic mass is 9.82. The van der Waals surface area contributed by atoms with Gasteiger partial charge in [-0.2, -0.15) is 0 Å². The fourth-order valence-corrected chi connectivity index (χ4v) is 3.12. The molecule has 2 fully saturated rings. The van der Waals surface area contributed by atoms with Crippen LogP contribution in [-0.4, -0.2) is 41.1 Å². The summed E-state index contributed by atoms with van der Waals surface area (Å²) in [6.45, 7) is 3.34. The van der Waals surface area contributed by atoms with Crippen LogP contribution >= 0.6 is 0 Å². The van der Waals surface area contributed by atoms with Crippen LogP contribution in [0.5, 0.6) is 0 Å². The average molecular weight is 254 g/mol. The Morgan fingerprint density at radius 3 is 2.72 bits per heavy atom. The van der Waals surface area contributed by atoms with Gasteiger partial charge >= 0.3 is 0 Å². The topological polar surface area (TPSA) is 66.6 Å². The van der Waals surface area contributed by atoms with Crippen molar-refractivity contribution in [1.29, 1.82) is 0 Å². The number of likely N-dealkylation sites (tertiary alicyclic amines) is 1. The van der Waals surface area contributed by atoms with Gasteiger partial charge in [-0.1, -0.05) is 19.8 Å². The summed E-state index contributed by atoms with van der Waals surface area (Å²) < 4.78 is 0. The molecule has 1 heterocycles. The van der Waals surface area contributed by atoms with Crippen LogP contribution in [-0.2, 0) is 4.79 Å². The molecule has 2 aliphatic rings. The molecule has 1 aliphatic carbocycles. The van der Waals surface area contributed by atoms with Gasteiger partial charge < -0.3 is 15.7 Å². The van der Waals surface area contributed by atoms with Gasteiger partial charge in [0.25, 0.3) is 0 Å². The first kappa shape index (κ1) is 13.8. The number of nitrogens with two attached hydrogens (primary N) is 1. The van der Waals surface area contributed by atoms with Crippen LogP contribution in [0.2, 0.25) is 0 Å². The second-order valence-corrected chi connectivity index (χ2v) is 6.09. The Labute approximate surface area is 110 Å². The average Bonchev–Trinajstić information content (AvgIpc) is 2.35. The summed E-state index contributed by atoms with van der Waals surface area (Å²) >= 11 is 0. The molecule has 0 spiro atoms. The summed E-state index contributed by atoms with van der Waals surface area (Å²) in [5, 5.41) is 9.84. The zero-order chi connectivity index (χ0) is 13.1. The number of β-amino-alcohol motifs (C(OH)–C–C–N with tert-alkyl or cyclic N) is 1. The van der Waals surface area contributed by atoms with E-state index < -0.39 is 0 Å². The molecule has 1 amide bonds. The molecule has 104 valence electrons. The van der Waals surface area contributed by atoms with Crippen LogP contribution in [0, 0.1) is 11.8 Å². The van der Waals surface area contributed by atoms with Crippen molar-refractivity contribution in [3.8, 4) is 0 Å². The molecular weight excluding hydrogens is 228 g/mol. The maximum atomic E-state index is 12.2. The minimum absolute atomic E-state index is 0.184. The molecule has 0 bridgehead atoms. The Kier molecular flexibility index (Phi) is 4.62. The maximum absolute atomic E-state index is 12.2. The fraction of sp³-hybridized carbons (Fsp3) is 0.929. The number of nitrogens with zero attached hydrogens (tertiary/aromatic N) is 1. The summed E-state index contributed by atoms with van der Waals surface area (Å²) in [5.41, 5.74) is 6.09. The number of amides is 1. The molecule has 3 N–H and O–H groups in total. The summed E-state index contributed by atoms with van der Waals surface area (Å²) in [6, 6.07) is 0.191. The number of carbonyl (C=O) groups excluding carboxylic acids is 1. The normalized spacial score (nSPS) is 37.6. The Bertz CT molecular complexity index is 296. The SMILES string of the molecule is CC1CCN(C(=O)CC2CCCCC2N)CC1O. The Balaban J connectivity index is 1.84. The van der Waals surface area contributed by atoms with Crippen LogP contribution in [0.4, 0.5) is 0 Å². The number of aliphatic hydroxyl groups excluding tert-OH is 1. The molecule has 0 aromatic rings. The summed E-state index contributed by atoms with van der Waals surface area (Å²) in [4.78, 5) is 14.0. The van der Waals surface area contributed by atoms with Crippen LogP contribution < -0.4 is 5.73 Å². The van der Waals surface area contributed by atoms with Crippen molar-refractivity contribution in [3.63, 3.8) is 0 Å². The lowest BCUT2D eigenvalue weighted by Crippen LogP contribution is -2.47. The molecule has 4 nitrogen and oxygen atoms in total. The lowest BCUT2D eigenvalue weighted by molar-refractivity contribution is -0.136. The van der Waals surface area contributed by atoms with Gasteiger partial charge in [0.1, 0.15) is 0 Å². The molecule has 2 rings (SSSR count). The molecule has 4 atom stereocenters. The van der Waals surface area contributed by atoms with E-state index in [0.29, 0.717) is 24.8 Å². The number of hydrogen-bond acceptors (Lipinski definition) is 3. The molecule has 0 aromatic carbocycles. The number of hydrogen-bond donors (Lipinski definition) is 2. The number of aliphatic hydroxyl groups is 1. The highest BCUT2D eigenvalue weighted by Gasteiger charge is 2.30. The molecule has 18 heavy (non-hydrogen) atoms. The first-order chi connectivity index (χ1) is 8.58. The predicted octanol–water partition coefficient (Wildman–Crippen LogP) is 1.12. The number of carbonyl (C=O) groups is 1. The fourth-order valence-electron chi connectivity index (χ4n) is 3.12. The molecular formula is C14H26N2O2. The number of piperidine rings is 1. The van der Waals surface area contributed by atoms with E-state index in [4.69, 9.17) is 5.73 Å². The zero-order valence-corrected chi connectivity index (χ0v) is 11.3. The minimum atomic E-state index is -0.359. The van der Waals surface area contributed by atoms with E-state index in [-0.39, 0.29) is 18.1 Å². The van der Waals surface area contributed by atoms with E-state index in [0.717, 1.165) is 25.8 Å². The smallest absolute Gasteiger partial charge is 0.222 e. The highest BCUT2D eigenvalue weighted by molar-refractivity contribution is 5.76. The van der Waals surface area contributed by atoms with Crippen molar-refractivity contribution >= 4 is 5.91 Å². The third-order valence-electron chi connectivity index (χ3n) is 4.68. The second kappa shape index (κ2) is 6.02. The summed E-state index contributed by atoms with van der Waals surface area (Å²) in [6.07, 6.45) is 5.66. The minimum Gasteiger partial charge on any atom is -0.391 e. The molecule has 1 saturated carbocycles. The molecule has 1 saturated heterocycles. The van der Waals surface area contributed by atoms with Crippen LogP contribution in [0.3, 0.4) is 0 Å². The van der Waals surface area contributed by atoms with Gasteiger partial charge in [0.15, 0.2) is 0 Å². The first-order valence-corrected chi connectivity index (χ1v) is 7.29. The largest absolute Gasteiger partial charge is 0.391 e. The van der Waals surface area contributed by atoms with E-state index in [2.05, 4.69) is 0 Å². The van der Waals surface area contributed by atoms with Gasteiger partial charge in [-0.15, -0.1) is 0 Å². The Hall–Kier alpha value is -0.610. The first-order valence-electron chi connectivity index (χ1n) is 7.29. The van der Waals surface area contributed by atoms with Crippen molar-refractivity contribution < 1.29 is 9.90 Å². The summed E-state index contributed by atoms with van der Waals surface area (Å²) in [7, 11) is 0. The van der Waals surface area contributed by atoms with Crippen molar-refractivity contribution in [2.75, 3.05) is 13.1 Å². The van der Waals surface area contributed by atoms with E-state index in [1.807, 2.05) is 11.8 Å².